The van der Waals surface area contributed by atoms with Gasteiger partial charge in [0.25, 0.3) is 0 Å². The molecule has 1 aromatic carbocycles. The first-order valence-corrected chi connectivity index (χ1v) is 6.89. The van der Waals surface area contributed by atoms with E-state index >= 15 is 0 Å². The Bertz CT molecular complexity index is 640. The number of hydrogen-bond donors (Lipinski definition) is 2. The Morgan fingerprint density at radius 1 is 1.43 bits per heavy atom. The summed E-state index contributed by atoms with van der Waals surface area (Å²) >= 11 is 0. The summed E-state index contributed by atoms with van der Waals surface area (Å²) in [5.74, 6) is -0.406. The standard InChI is InChI=1S/C15H17N3O3/c19-12-1-2-14-13(7-12)11(8-18(14)9-15(20)21)3-5-17-6-4-16-10-17/h1-2,4,6-7,10-11,19H,3,5,8-9H2,(H,20,21). The summed E-state index contributed by atoms with van der Waals surface area (Å²) in [5, 5.41) is 18.7. The van der Waals surface area contributed by atoms with Crippen LogP contribution in [-0.2, 0) is 11.3 Å². The van der Waals surface area contributed by atoms with Crippen LogP contribution in [0, 0.1) is 0 Å². The number of nitrogens with zero attached hydrogens (tertiary/aromatic N) is 3. The fraction of sp³-hybridized carbons (Fsp3) is 0.333. The summed E-state index contributed by atoms with van der Waals surface area (Å²) in [6.07, 6.45) is 6.30. The van der Waals surface area contributed by atoms with Crippen LogP contribution in [0.25, 0.3) is 0 Å². The number of aromatic nitrogens is 2. The van der Waals surface area contributed by atoms with Crippen molar-refractivity contribution in [1.82, 2.24) is 9.55 Å². The van der Waals surface area contributed by atoms with Gasteiger partial charge in [-0.1, -0.05) is 0 Å². The van der Waals surface area contributed by atoms with Crippen LogP contribution in [-0.4, -0.2) is 38.8 Å². The van der Waals surface area contributed by atoms with Crippen molar-refractivity contribution in [2.75, 3.05) is 18.0 Å². The maximum absolute atomic E-state index is 11.0. The molecule has 0 fully saturated rings. The lowest BCUT2D eigenvalue weighted by Crippen LogP contribution is -2.28. The molecule has 0 spiro atoms. The number of rotatable bonds is 5. The zero-order valence-electron chi connectivity index (χ0n) is 11.5. The summed E-state index contributed by atoms with van der Waals surface area (Å²) < 4.78 is 2.00. The van der Waals surface area contributed by atoms with E-state index in [1.54, 1.807) is 30.7 Å². The number of carboxylic acid groups (broad SMARTS) is 1. The van der Waals surface area contributed by atoms with E-state index in [-0.39, 0.29) is 18.2 Å². The summed E-state index contributed by atoms with van der Waals surface area (Å²) in [6.45, 7) is 1.47. The minimum Gasteiger partial charge on any atom is -0.508 e. The molecule has 1 aromatic heterocycles. The molecule has 0 bridgehead atoms. The molecule has 2 N–H and O–H groups in total. The Morgan fingerprint density at radius 3 is 3.00 bits per heavy atom. The quantitative estimate of drug-likeness (QED) is 0.874. The highest BCUT2D eigenvalue weighted by molar-refractivity contribution is 5.76. The lowest BCUT2D eigenvalue weighted by Gasteiger charge is -2.17. The van der Waals surface area contributed by atoms with E-state index in [0.717, 1.165) is 24.2 Å². The van der Waals surface area contributed by atoms with Crippen molar-refractivity contribution in [3.63, 3.8) is 0 Å². The van der Waals surface area contributed by atoms with Gasteiger partial charge in [0.05, 0.1) is 6.33 Å². The van der Waals surface area contributed by atoms with Gasteiger partial charge in [0, 0.05) is 37.1 Å². The van der Waals surface area contributed by atoms with Gasteiger partial charge in [-0.2, -0.15) is 0 Å². The first-order valence-electron chi connectivity index (χ1n) is 6.89. The molecule has 0 radical (unpaired) electrons. The molecule has 21 heavy (non-hydrogen) atoms. The van der Waals surface area contributed by atoms with Gasteiger partial charge in [-0.25, -0.2) is 4.98 Å². The molecule has 110 valence electrons. The zero-order valence-corrected chi connectivity index (χ0v) is 11.5. The first kappa shape index (κ1) is 13.5. The van der Waals surface area contributed by atoms with Crippen molar-refractivity contribution >= 4 is 11.7 Å². The van der Waals surface area contributed by atoms with E-state index in [4.69, 9.17) is 5.11 Å². The van der Waals surface area contributed by atoms with Gasteiger partial charge >= 0.3 is 5.97 Å². The number of fused-ring (bicyclic) bond motifs is 1. The fourth-order valence-electron chi connectivity index (χ4n) is 2.90. The van der Waals surface area contributed by atoms with Crippen molar-refractivity contribution in [3.8, 4) is 5.75 Å². The second kappa shape index (κ2) is 5.47. The van der Waals surface area contributed by atoms with Gasteiger partial charge in [0.2, 0.25) is 0 Å². The molecule has 6 heteroatoms. The highest BCUT2D eigenvalue weighted by Crippen LogP contribution is 2.39. The molecule has 1 unspecified atom stereocenters. The highest BCUT2D eigenvalue weighted by Gasteiger charge is 2.29. The summed E-state index contributed by atoms with van der Waals surface area (Å²) in [5.41, 5.74) is 1.93. The van der Waals surface area contributed by atoms with E-state index in [1.165, 1.54) is 0 Å². The number of phenols is 1. The van der Waals surface area contributed by atoms with Crippen LogP contribution in [0.3, 0.4) is 0 Å². The maximum Gasteiger partial charge on any atom is 0.323 e. The van der Waals surface area contributed by atoms with Crippen LogP contribution in [0.4, 0.5) is 5.69 Å². The highest BCUT2D eigenvalue weighted by atomic mass is 16.4. The Hall–Kier alpha value is -2.50. The molecule has 2 heterocycles. The summed E-state index contributed by atoms with van der Waals surface area (Å²) in [4.78, 5) is 16.9. The summed E-state index contributed by atoms with van der Waals surface area (Å²) in [7, 11) is 0. The predicted octanol–water partition coefficient (Wildman–Crippen LogP) is 1.67. The van der Waals surface area contributed by atoms with Crippen LogP contribution < -0.4 is 4.90 Å². The number of carboxylic acids is 1. The van der Waals surface area contributed by atoms with Crippen LogP contribution in [0.1, 0.15) is 17.9 Å². The fourth-order valence-corrected chi connectivity index (χ4v) is 2.90. The maximum atomic E-state index is 11.0. The number of carbonyl (C=O) groups is 1. The predicted molar refractivity (Wildman–Crippen MR) is 77.5 cm³/mol. The van der Waals surface area contributed by atoms with Crippen molar-refractivity contribution in [2.45, 2.75) is 18.9 Å². The number of phenolic OH excluding ortho intramolecular Hbond substituents is 1. The molecular weight excluding hydrogens is 270 g/mol. The SMILES string of the molecule is O=C(O)CN1CC(CCn2ccnc2)c2cc(O)ccc21. The Morgan fingerprint density at radius 2 is 2.29 bits per heavy atom. The Balaban J connectivity index is 1.79. The molecule has 1 aliphatic rings. The number of hydrogen-bond acceptors (Lipinski definition) is 4. The van der Waals surface area contributed by atoms with Crippen LogP contribution in [0.2, 0.25) is 0 Å². The molecule has 3 rings (SSSR count). The second-order valence-electron chi connectivity index (χ2n) is 5.30. The van der Waals surface area contributed by atoms with Gasteiger partial charge in [-0.05, 0) is 30.2 Å². The molecule has 0 amide bonds. The molecule has 0 saturated heterocycles. The molecule has 1 aliphatic heterocycles. The number of benzene rings is 1. The van der Waals surface area contributed by atoms with E-state index in [9.17, 15) is 9.90 Å². The minimum absolute atomic E-state index is 0.0145. The molecule has 6 nitrogen and oxygen atoms in total. The largest absolute Gasteiger partial charge is 0.508 e. The third-order valence-electron chi connectivity index (χ3n) is 3.85. The average molecular weight is 287 g/mol. The molecule has 2 aromatic rings. The first-order chi connectivity index (χ1) is 10.1. The average Bonchev–Trinajstić information content (AvgIpc) is 3.04. The molecular formula is C15H17N3O3. The van der Waals surface area contributed by atoms with Crippen molar-refractivity contribution < 1.29 is 15.0 Å². The van der Waals surface area contributed by atoms with Gasteiger partial charge in [-0.3, -0.25) is 4.79 Å². The van der Waals surface area contributed by atoms with Gasteiger partial charge < -0.3 is 19.7 Å². The van der Waals surface area contributed by atoms with Crippen molar-refractivity contribution in [1.29, 1.82) is 0 Å². The van der Waals surface area contributed by atoms with E-state index in [0.29, 0.717) is 6.54 Å². The monoisotopic (exact) mass is 287 g/mol. The van der Waals surface area contributed by atoms with E-state index in [1.807, 2.05) is 15.7 Å². The molecule has 1 atom stereocenters. The molecule has 0 saturated carbocycles. The number of aliphatic carboxylic acids is 1. The minimum atomic E-state index is -0.843. The van der Waals surface area contributed by atoms with E-state index in [2.05, 4.69) is 4.98 Å². The zero-order chi connectivity index (χ0) is 14.8. The van der Waals surface area contributed by atoms with Gasteiger partial charge in [0.15, 0.2) is 0 Å². The van der Waals surface area contributed by atoms with Crippen LogP contribution >= 0.6 is 0 Å². The molecule has 0 aliphatic carbocycles. The van der Waals surface area contributed by atoms with Gasteiger partial charge in [-0.15, -0.1) is 0 Å². The normalized spacial score (nSPS) is 17.0. The smallest absolute Gasteiger partial charge is 0.323 e. The van der Waals surface area contributed by atoms with Crippen molar-refractivity contribution in [2.24, 2.45) is 0 Å². The van der Waals surface area contributed by atoms with Crippen molar-refractivity contribution in [3.05, 3.63) is 42.5 Å². The lowest BCUT2D eigenvalue weighted by atomic mass is 9.98. The number of anilines is 1. The summed E-state index contributed by atoms with van der Waals surface area (Å²) in [6, 6.07) is 5.15. The third kappa shape index (κ3) is 2.84. The third-order valence-corrected chi connectivity index (χ3v) is 3.85. The Kier molecular flexibility index (Phi) is 3.51. The van der Waals surface area contributed by atoms with Gasteiger partial charge in [0.1, 0.15) is 12.3 Å². The second-order valence-corrected chi connectivity index (χ2v) is 5.30. The van der Waals surface area contributed by atoms with Crippen LogP contribution in [0.5, 0.6) is 5.75 Å². The number of aryl methyl sites for hydroxylation is 1. The van der Waals surface area contributed by atoms with E-state index < -0.39 is 5.97 Å². The number of imidazole rings is 1. The lowest BCUT2D eigenvalue weighted by molar-refractivity contribution is -0.135. The number of aromatic hydroxyl groups is 1. The van der Waals surface area contributed by atoms with Crippen LogP contribution in [0.15, 0.2) is 36.9 Å². The Labute approximate surface area is 122 Å². The topological polar surface area (TPSA) is 78.6 Å².